The molecule has 5 nitrogen and oxygen atoms in total. The lowest BCUT2D eigenvalue weighted by Crippen LogP contribution is -2.42. The van der Waals surface area contributed by atoms with Gasteiger partial charge in [0.05, 0.1) is 0 Å². The predicted molar refractivity (Wildman–Crippen MR) is 117 cm³/mol. The molecular formula is C23H28ClN3O2. The predicted octanol–water partition coefficient (Wildman–Crippen LogP) is 4.99. The van der Waals surface area contributed by atoms with E-state index in [0.717, 1.165) is 42.6 Å². The van der Waals surface area contributed by atoms with Crippen molar-refractivity contribution in [3.8, 4) is 0 Å². The Hall–Kier alpha value is -2.53. The lowest BCUT2D eigenvalue weighted by atomic mass is 9.93. The number of hydrogen-bond donors (Lipinski definition) is 2. The zero-order valence-electron chi connectivity index (χ0n) is 16.8. The summed E-state index contributed by atoms with van der Waals surface area (Å²) in [6, 6.07) is 15.2. The van der Waals surface area contributed by atoms with Gasteiger partial charge in [-0.3, -0.25) is 4.79 Å². The monoisotopic (exact) mass is 413 g/mol. The van der Waals surface area contributed by atoms with Gasteiger partial charge in [-0.1, -0.05) is 41.4 Å². The number of carbonyl (C=O) groups excluding carboxylic acids is 2. The first-order valence-corrected chi connectivity index (χ1v) is 10.5. The van der Waals surface area contributed by atoms with Gasteiger partial charge in [0.15, 0.2) is 0 Å². The molecule has 0 radical (unpaired) electrons. The average Bonchev–Trinajstić information content (AvgIpc) is 2.73. The van der Waals surface area contributed by atoms with Crippen LogP contribution in [0.15, 0.2) is 48.5 Å². The number of nitrogens with one attached hydrogen (secondary N) is 2. The molecular weight excluding hydrogens is 386 g/mol. The van der Waals surface area contributed by atoms with E-state index in [2.05, 4.69) is 10.6 Å². The highest BCUT2D eigenvalue weighted by atomic mass is 35.5. The van der Waals surface area contributed by atoms with Crippen LogP contribution in [0.25, 0.3) is 0 Å². The van der Waals surface area contributed by atoms with Gasteiger partial charge < -0.3 is 15.5 Å². The van der Waals surface area contributed by atoms with E-state index in [0.29, 0.717) is 30.5 Å². The van der Waals surface area contributed by atoms with Gasteiger partial charge >= 0.3 is 6.03 Å². The number of halogens is 1. The highest BCUT2D eigenvalue weighted by Gasteiger charge is 2.24. The van der Waals surface area contributed by atoms with E-state index >= 15 is 0 Å². The van der Waals surface area contributed by atoms with Crippen LogP contribution in [-0.4, -0.2) is 29.9 Å². The minimum absolute atomic E-state index is 0.0428. The molecule has 1 aliphatic heterocycles. The molecule has 1 aliphatic rings. The van der Waals surface area contributed by atoms with Crippen LogP contribution < -0.4 is 10.6 Å². The zero-order chi connectivity index (χ0) is 20.6. The van der Waals surface area contributed by atoms with Crippen LogP contribution in [0, 0.1) is 12.8 Å². The second kappa shape index (κ2) is 10.3. The number of piperidine rings is 1. The Morgan fingerprint density at radius 3 is 2.55 bits per heavy atom. The Morgan fingerprint density at radius 1 is 1.10 bits per heavy atom. The summed E-state index contributed by atoms with van der Waals surface area (Å²) in [4.78, 5) is 26.6. The number of urea groups is 1. The number of hydrogen-bond acceptors (Lipinski definition) is 2. The first kappa shape index (κ1) is 21.2. The maximum Gasteiger partial charge on any atom is 0.321 e. The highest BCUT2D eigenvalue weighted by Crippen LogP contribution is 2.22. The largest absolute Gasteiger partial charge is 0.352 e. The summed E-state index contributed by atoms with van der Waals surface area (Å²) in [5.74, 6) is 0.398. The minimum Gasteiger partial charge on any atom is -0.352 e. The maximum atomic E-state index is 12.5. The summed E-state index contributed by atoms with van der Waals surface area (Å²) >= 11 is 5.88. The molecule has 0 saturated carbocycles. The summed E-state index contributed by atoms with van der Waals surface area (Å²) in [5.41, 5.74) is 3.00. The lowest BCUT2D eigenvalue weighted by molar-refractivity contribution is -0.121. The van der Waals surface area contributed by atoms with Gasteiger partial charge in [0.1, 0.15) is 0 Å². The molecule has 3 amide bonds. The molecule has 0 bridgehead atoms. The fourth-order valence-electron chi connectivity index (χ4n) is 3.55. The second-order valence-corrected chi connectivity index (χ2v) is 8.13. The number of benzene rings is 2. The molecule has 0 aliphatic carbocycles. The number of aryl methyl sites for hydroxylation is 1. The van der Waals surface area contributed by atoms with Crippen LogP contribution >= 0.6 is 11.6 Å². The molecule has 1 saturated heterocycles. The maximum absolute atomic E-state index is 12.5. The Morgan fingerprint density at radius 2 is 1.83 bits per heavy atom. The molecule has 0 spiro atoms. The molecule has 2 N–H and O–H groups in total. The number of anilines is 1. The van der Waals surface area contributed by atoms with Crippen molar-refractivity contribution in [2.24, 2.45) is 5.92 Å². The van der Waals surface area contributed by atoms with E-state index in [-0.39, 0.29) is 11.9 Å². The summed E-state index contributed by atoms with van der Waals surface area (Å²) in [6.45, 7) is 3.98. The number of nitrogens with zero attached hydrogens (tertiary/aromatic N) is 1. The van der Waals surface area contributed by atoms with E-state index < -0.39 is 0 Å². The fraction of sp³-hybridized carbons (Fsp3) is 0.391. The number of rotatable bonds is 6. The molecule has 0 aromatic heterocycles. The third-order valence-electron chi connectivity index (χ3n) is 5.29. The first-order chi connectivity index (χ1) is 14.0. The zero-order valence-corrected chi connectivity index (χ0v) is 17.5. The van der Waals surface area contributed by atoms with E-state index in [4.69, 9.17) is 11.6 Å². The Kier molecular flexibility index (Phi) is 7.53. The molecule has 0 unspecified atom stereocenters. The van der Waals surface area contributed by atoms with Crippen molar-refractivity contribution in [1.29, 1.82) is 0 Å². The second-order valence-electron chi connectivity index (χ2n) is 7.69. The van der Waals surface area contributed by atoms with Crippen molar-refractivity contribution in [2.45, 2.75) is 39.2 Å². The lowest BCUT2D eigenvalue weighted by Gasteiger charge is -2.32. The van der Waals surface area contributed by atoms with Crippen molar-refractivity contribution in [1.82, 2.24) is 10.2 Å². The molecule has 29 heavy (non-hydrogen) atoms. The van der Waals surface area contributed by atoms with Gasteiger partial charge in [0, 0.05) is 36.8 Å². The molecule has 154 valence electrons. The smallest absolute Gasteiger partial charge is 0.321 e. The summed E-state index contributed by atoms with van der Waals surface area (Å²) in [6.07, 6.45) is 3.30. The van der Waals surface area contributed by atoms with Crippen LogP contribution in [0.1, 0.15) is 36.8 Å². The van der Waals surface area contributed by atoms with Gasteiger partial charge in [0.2, 0.25) is 5.91 Å². The van der Waals surface area contributed by atoms with Crippen molar-refractivity contribution in [3.63, 3.8) is 0 Å². The fourth-order valence-corrected chi connectivity index (χ4v) is 3.68. The van der Waals surface area contributed by atoms with Gasteiger partial charge in [-0.2, -0.15) is 0 Å². The third-order valence-corrected chi connectivity index (χ3v) is 5.54. The van der Waals surface area contributed by atoms with E-state index in [1.165, 1.54) is 0 Å². The standard InChI is InChI=1S/C23H28ClN3O2/c1-17-4-11-21(12-5-17)26-23(29)27-14-2-3-19(16-27)8-13-22(28)25-15-18-6-9-20(24)10-7-18/h4-7,9-12,19H,2-3,8,13-16H2,1H3,(H,25,28)(H,26,29)/t19-/m0/s1. The van der Waals surface area contributed by atoms with Crippen LogP contribution in [-0.2, 0) is 11.3 Å². The van der Waals surface area contributed by atoms with Crippen LogP contribution in [0.2, 0.25) is 5.02 Å². The number of amides is 3. The van der Waals surface area contributed by atoms with Crippen LogP contribution in [0.4, 0.5) is 10.5 Å². The van der Waals surface area contributed by atoms with E-state index in [9.17, 15) is 9.59 Å². The van der Waals surface area contributed by atoms with E-state index in [1.807, 2.05) is 60.4 Å². The van der Waals surface area contributed by atoms with Crippen LogP contribution in [0.3, 0.4) is 0 Å². The third kappa shape index (κ3) is 6.79. The molecule has 2 aromatic rings. The van der Waals surface area contributed by atoms with Crippen molar-refractivity contribution >= 4 is 29.2 Å². The van der Waals surface area contributed by atoms with Crippen molar-refractivity contribution < 1.29 is 9.59 Å². The molecule has 1 atom stereocenters. The SMILES string of the molecule is Cc1ccc(NC(=O)N2CCC[C@@H](CCC(=O)NCc3ccc(Cl)cc3)C2)cc1. The van der Waals surface area contributed by atoms with Gasteiger partial charge in [0.25, 0.3) is 0 Å². The molecule has 1 fully saturated rings. The first-order valence-electron chi connectivity index (χ1n) is 10.1. The molecule has 6 heteroatoms. The summed E-state index contributed by atoms with van der Waals surface area (Å²) in [5, 5.41) is 6.61. The normalized spacial score (nSPS) is 16.3. The molecule has 3 rings (SSSR count). The summed E-state index contributed by atoms with van der Waals surface area (Å²) < 4.78 is 0. The Balaban J connectivity index is 1.40. The van der Waals surface area contributed by atoms with Crippen molar-refractivity contribution in [2.75, 3.05) is 18.4 Å². The Bertz CT molecular complexity index is 821. The minimum atomic E-state index is -0.0641. The van der Waals surface area contributed by atoms with Crippen LogP contribution in [0.5, 0.6) is 0 Å². The number of carbonyl (C=O) groups is 2. The number of likely N-dealkylation sites (tertiary alicyclic amines) is 1. The quantitative estimate of drug-likeness (QED) is 0.700. The Labute approximate surface area is 177 Å². The average molecular weight is 414 g/mol. The van der Waals surface area contributed by atoms with Gasteiger partial charge in [-0.05, 0) is 61.9 Å². The van der Waals surface area contributed by atoms with Crippen molar-refractivity contribution in [3.05, 3.63) is 64.7 Å². The molecule has 1 heterocycles. The van der Waals surface area contributed by atoms with Gasteiger partial charge in [-0.15, -0.1) is 0 Å². The summed E-state index contributed by atoms with van der Waals surface area (Å²) in [7, 11) is 0. The van der Waals surface area contributed by atoms with Gasteiger partial charge in [-0.25, -0.2) is 4.79 Å². The highest BCUT2D eigenvalue weighted by molar-refractivity contribution is 6.30. The van der Waals surface area contributed by atoms with E-state index in [1.54, 1.807) is 0 Å². The molecule has 2 aromatic carbocycles. The topological polar surface area (TPSA) is 61.4 Å².